The summed E-state index contributed by atoms with van der Waals surface area (Å²) in [6.45, 7) is 1.71. The lowest BCUT2D eigenvalue weighted by Crippen LogP contribution is -1.99. The fraction of sp³-hybridized carbons (Fsp3) is 0.167. The highest BCUT2D eigenvalue weighted by Gasteiger charge is 2.17. The summed E-state index contributed by atoms with van der Waals surface area (Å²) in [5, 5.41) is 0.574. The molecule has 2 aromatic rings. The third kappa shape index (κ3) is 1.39. The molecule has 0 saturated heterocycles. The molecule has 0 aromatic heterocycles. The van der Waals surface area contributed by atoms with Gasteiger partial charge in [-0.05, 0) is 17.4 Å². The van der Waals surface area contributed by atoms with Crippen molar-refractivity contribution in [2.24, 2.45) is 0 Å². The minimum Gasteiger partial charge on any atom is -0.203 e. The normalized spacial score (nSPS) is 10.9. The Bertz CT molecular complexity index is 518. The van der Waals surface area contributed by atoms with E-state index in [4.69, 9.17) is 0 Å². The predicted octanol–water partition coefficient (Wildman–Crippen LogP) is 3.82. The summed E-state index contributed by atoms with van der Waals surface area (Å²) in [6.07, 6.45) is 0.337. The van der Waals surface area contributed by atoms with Gasteiger partial charge in [0.15, 0.2) is 17.5 Å². The Morgan fingerprint density at radius 2 is 1.47 bits per heavy atom. The first-order valence-corrected chi connectivity index (χ1v) is 4.70. The zero-order valence-corrected chi connectivity index (χ0v) is 8.15. The Morgan fingerprint density at radius 1 is 0.867 bits per heavy atom. The molecule has 0 N–H and O–H groups in total. The molecule has 0 saturated carbocycles. The minimum absolute atomic E-state index is 0.133. The van der Waals surface area contributed by atoms with Crippen LogP contribution in [0.15, 0.2) is 24.3 Å². The van der Waals surface area contributed by atoms with E-state index in [0.29, 0.717) is 11.8 Å². The lowest BCUT2D eigenvalue weighted by atomic mass is 10.0. The molecule has 2 rings (SSSR count). The highest BCUT2D eigenvalue weighted by molar-refractivity contribution is 5.86. The monoisotopic (exact) mass is 210 g/mol. The van der Waals surface area contributed by atoms with Gasteiger partial charge in [-0.15, -0.1) is 0 Å². The summed E-state index contributed by atoms with van der Waals surface area (Å²) in [6, 6.07) is 6.33. The molecule has 78 valence electrons. The number of benzene rings is 2. The summed E-state index contributed by atoms with van der Waals surface area (Å²) in [4.78, 5) is 0. The van der Waals surface area contributed by atoms with Crippen molar-refractivity contribution in [3.05, 3.63) is 47.3 Å². The Balaban J connectivity index is 2.98. The third-order valence-corrected chi connectivity index (χ3v) is 2.49. The standard InChI is InChI=1S/C12H9F3/c1-2-7-8-5-3-4-6-9(8)11(14)12(15)10(7)13/h3-6H,2H2,1H3. The van der Waals surface area contributed by atoms with Crippen molar-refractivity contribution in [2.45, 2.75) is 13.3 Å². The van der Waals surface area contributed by atoms with Crippen LogP contribution in [0, 0.1) is 17.5 Å². The van der Waals surface area contributed by atoms with Crippen molar-refractivity contribution >= 4 is 10.8 Å². The van der Waals surface area contributed by atoms with E-state index in [9.17, 15) is 13.2 Å². The lowest BCUT2D eigenvalue weighted by Gasteiger charge is -2.08. The van der Waals surface area contributed by atoms with Crippen LogP contribution < -0.4 is 0 Å². The summed E-state index contributed by atoms with van der Waals surface area (Å²) < 4.78 is 39.9. The van der Waals surface area contributed by atoms with Gasteiger partial charge in [0.1, 0.15) is 0 Å². The molecule has 3 heteroatoms. The summed E-state index contributed by atoms with van der Waals surface area (Å²) in [7, 11) is 0. The summed E-state index contributed by atoms with van der Waals surface area (Å²) in [5.74, 6) is -3.57. The van der Waals surface area contributed by atoms with E-state index >= 15 is 0 Å². The Morgan fingerprint density at radius 3 is 2.07 bits per heavy atom. The molecule has 0 radical (unpaired) electrons. The quantitative estimate of drug-likeness (QED) is 0.627. The van der Waals surface area contributed by atoms with E-state index in [-0.39, 0.29) is 10.9 Å². The van der Waals surface area contributed by atoms with Crippen molar-refractivity contribution in [1.29, 1.82) is 0 Å². The molecule has 0 spiro atoms. The molecule has 2 aromatic carbocycles. The van der Waals surface area contributed by atoms with Crippen molar-refractivity contribution in [1.82, 2.24) is 0 Å². The first-order valence-electron chi connectivity index (χ1n) is 4.70. The Kier molecular flexibility index (Phi) is 2.39. The Labute approximate surface area is 85.3 Å². The van der Waals surface area contributed by atoms with Crippen molar-refractivity contribution in [3.8, 4) is 0 Å². The molecule has 0 nitrogen and oxygen atoms in total. The highest BCUT2D eigenvalue weighted by Crippen LogP contribution is 2.27. The average molecular weight is 210 g/mol. The number of halogens is 3. The van der Waals surface area contributed by atoms with Crippen molar-refractivity contribution in [3.63, 3.8) is 0 Å². The van der Waals surface area contributed by atoms with E-state index in [1.54, 1.807) is 25.1 Å². The van der Waals surface area contributed by atoms with Gasteiger partial charge in [-0.25, -0.2) is 13.2 Å². The van der Waals surface area contributed by atoms with Crippen LogP contribution in [0.1, 0.15) is 12.5 Å². The van der Waals surface area contributed by atoms with E-state index in [1.165, 1.54) is 6.07 Å². The summed E-state index contributed by atoms with van der Waals surface area (Å²) in [5.41, 5.74) is 0.226. The van der Waals surface area contributed by atoms with Gasteiger partial charge in [-0.2, -0.15) is 0 Å². The lowest BCUT2D eigenvalue weighted by molar-refractivity contribution is 0.448. The topological polar surface area (TPSA) is 0 Å². The Hall–Kier alpha value is -1.51. The maximum Gasteiger partial charge on any atom is 0.195 e. The van der Waals surface area contributed by atoms with Gasteiger partial charge in [0.25, 0.3) is 0 Å². The van der Waals surface area contributed by atoms with Gasteiger partial charge < -0.3 is 0 Å². The second-order valence-corrected chi connectivity index (χ2v) is 3.32. The minimum atomic E-state index is -1.38. The van der Waals surface area contributed by atoms with Crippen LogP contribution in [-0.4, -0.2) is 0 Å². The molecule has 0 aliphatic rings. The predicted molar refractivity (Wildman–Crippen MR) is 53.2 cm³/mol. The zero-order chi connectivity index (χ0) is 11.0. The van der Waals surface area contributed by atoms with Gasteiger partial charge in [-0.1, -0.05) is 31.2 Å². The van der Waals surface area contributed by atoms with Crippen LogP contribution >= 0.6 is 0 Å². The highest BCUT2D eigenvalue weighted by atomic mass is 19.2. The maximum atomic E-state index is 13.4. The van der Waals surface area contributed by atoms with Crippen LogP contribution in [0.4, 0.5) is 13.2 Å². The van der Waals surface area contributed by atoms with Crippen LogP contribution in [0.2, 0.25) is 0 Å². The molecule has 0 aliphatic carbocycles. The van der Waals surface area contributed by atoms with Gasteiger partial charge >= 0.3 is 0 Å². The fourth-order valence-electron chi connectivity index (χ4n) is 1.75. The van der Waals surface area contributed by atoms with Crippen molar-refractivity contribution in [2.75, 3.05) is 0 Å². The molecule has 0 fully saturated rings. The third-order valence-electron chi connectivity index (χ3n) is 2.49. The summed E-state index contributed by atoms with van der Waals surface area (Å²) >= 11 is 0. The van der Waals surface area contributed by atoms with Crippen molar-refractivity contribution < 1.29 is 13.2 Å². The van der Waals surface area contributed by atoms with E-state index in [0.717, 1.165) is 0 Å². The smallest absolute Gasteiger partial charge is 0.195 e. The molecule has 0 bridgehead atoms. The van der Waals surface area contributed by atoms with E-state index in [1.807, 2.05) is 0 Å². The van der Waals surface area contributed by atoms with Crippen LogP contribution in [-0.2, 0) is 6.42 Å². The zero-order valence-electron chi connectivity index (χ0n) is 8.15. The molecule has 0 heterocycles. The molecule has 0 atom stereocenters. The first kappa shape index (κ1) is 10.0. The second kappa shape index (κ2) is 3.57. The number of hydrogen-bond acceptors (Lipinski definition) is 0. The number of rotatable bonds is 1. The fourth-order valence-corrected chi connectivity index (χ4v) is 1.75. The number of aryl methyl sites for hydroxylation is 1. The second-order valence-electron chi connectivity index (χ2n) is 3.32. The van der Waals surface area contributed by atoms with Crippen LogP contribution in [0.25, 0.3) is 10.8 Å². The molecule has 0 amide bonds. The van der Waals surface area contributed by atoms with Gasteiger partial charge in [0.2, 0.25) is 0 Å². The van der Waals surface area contributed by atoms with E-state index < -0.39 is 17.5 Å². The molecular formula is C12H9F3. The molecule has 15 heavy (non-hydrogen) atoms. The molecular weight excluding hydrogens is 201 g/mol. The number of hydrogen-bond donors (Lipinski definition) is 0. The number of fused-ring (bicyclic) bond motifs is 1. The maximum absolute atomic E-state index is 13.4. The van der Waals surface area contributed by atoms with E-state index in [2.05, 4.69) is 0 Å². The molecule has 0 aliphatic heterocycles. The van der Waals surface area contributed by atoms with Gasteiger partial charge in [0, 0.05) is 5.39 Å². The van der Waals surface area contributed by atoms with Crippen LogP contribution in [0.5, 0.6) is 0 Å². The van der Waals surface area contributed by atoms with Gasteiger partial charge in [-0.3, -0.25) is 0 Å². The molecule has 0 unspecified atom stereocenters. The largest absolute Gasteiger partial charge is 0.203 e. The average Bonchev–Trinajstić information content (AvgIpc) is 2.27. The van der Waals surface area contributed by atoms with Crippen LogP contribution in [0.3, 0.4) is 0 Å². The SMILES string of the molecule is CCc1c(F)c(F)c(F)c2ccccc12. The first-order chi connectivity index (χ1) is 7.16. The van der Waals surface area contributed by atoms with Gasteiger partial charge in [0.05, 0.1) is 0 Å².